The summed E-state index contributed by atoms with van der Waals surface area (Å²) in [7, 11) is 0. The molecule has 0 fully saturated rings. The van der Waals surface area contributed by atoms with Crippen molar-refractivity contribution in [3.05, 3.63) is 70.8 Å². The Morgan fingerprint density at radius 2 is 1.52 bits per heavy atom. The van der Waals surface area contributed by atoms with Crippen LogP contribution in [-0.2, 0) is 29.0 Å². The van der Waals surface area contributed by atoms with Crippen molar-refractivity contribution in [2.24, 2.45) is 0 Å². The fraction of sp³-hybridized carbons (Fsp3) is 0.481. The van der Waals surface area contributed by atoms with E-state index < -0.39 is 6.04 Å². The highest BCUT2D eigenvalue weighted by molar-refractivity contribution is 5.87. The Morgan fingerprint density at radius 3 is 2.10 bits per heavy atom. The van der Waals surface area contributed by atoms with Gasteiger partial charge in [-0.15, -0.1) is 0 Å². The highest BCUT2D eigenvalue weighted by Crippen LogP contribution is 2.16. The molecule has 31 heavy (non-hydrogen) atoms. The van der Waals surface area contributed by atoms with E-state index in [1.54, 1.807) is 4.90 Å². The van der Waals surface area contributed by atoms with Crippen LogP contribution in [0.4, 0.5) is 0 Å². The predicted molar refractivity (Wildman–Crippen MR) is 128 cm³/mol. The van der Waals surface area contributed by atoms with Gasteiger partial charge in [-0.3, -0.25) is 9.59 Å². The minimum atomic E-state index is -0.451. The molecule has 4 heteroatoms. The van der Waals surface area contributed by atoms with Gasteiger partial charge in [0, 0.05) is 19.5 Å². The van der Waals surface area contributed by atoms with Crippen molar-refractivity contribution in [3.8, 4) is 0 Å². The maximum absolute atomic E-state index is 13.3. The SMILES string of the molecule is CCCCNC(=O)[C@H](CC)N(Cc1ccc(C)cc1)C(=O)CCc1ccc(CC)cc1. The summed E-state index contributed by atoms with van der Waals surface area (Å²) in [6.45, 7) is 9.37. The molecule has 168 valence electrons. The van der Waals surface area contributed by atoms with E-state index in [4.69, 9.17) is 0 Å². The summed E-state index contributed by atoms with van der Waals surface area (Å²) < 4.78 is 0. The van der Waals surface area contributed by atoms with Gasteiger partial charge in [-0.1, -0.05) is 81.3 Å². The van der Waals surface area contributed by atoms with Gasteiger partial charge < -0.3 is 10.2 Å². The van der Waals surface area contributed by atoms with Crippen LogP contribution in [0.15, 0.2) is 48.5 Å². The normalized spacial score (nSPS) is 11.7. The molecule has 1 atom stereocenters. The predicted octanol–water partition coefficient (Wildman–Crippen LogP) is 5.21. The zero-order valence-electron chi connectivity index (χ0n) is 19.6. The highest BCUT2D eigenvalue weighted by atomic mass is 16.2. The molecule has 2 aromatic rings. The van der Waals surface area contributed by atoms with E-state index in [9.17, 15) is 9.59 Å². The summed E-state index contributed by atoms with van der Waals surface area (Å²) in [5.74, 6) is -0.0265. The van der Waals surface area contributed by atoms with Crippen molar-refractivity contribution in [2.45, 2.75) is 78.8 Å². The minimum Gasteiger partial charge on any atom is -0.354 e. The molecule has 0 saturated carbocycles. The second-order valence-corrected chi connectivity index (χ2v) is 8.25. The number of rotatable bonds is 12. The van der Waals surface area contributed by atoms with Crippen LogP contribution in [0.1, 0.15) is 68.7 Å². The largest absolute Gasteiger partial charge is 0.354 e. The fourth-order valence-electron chi connectivity index (χ4n) is 3.65. The summed E-state index contributed by atoms with van der Waals surface area (Å²) in [6, 6.07) is 16.2. The lowest BCUT2D eigenvalue weighted by Crippen LogP contribution is -2.49. The Balaban J connectivity index is 2.14. The van der Waals surface area contributed by atoms with Crippen LogP contribution < -0.4 is 5.32 Å². The monoisotopic (exact) mass is 422 g/mol. The zero-order valence-corrected chi connectivity index (χ0v) is 19.6. The number of nitrogens with zero attached hydrogens (tertiary/aromatic N) is 1. The molecule has 2 amide bonds. The number of hydrogen-bond acceptors (Lipinski definition) is 2. The second-order valence-electron chi connectivity index (χ2n) is 8.25. The van der Waals surface area contributed by atoms with Gasteiger partial charge in [-0.05, 0) is 49.3 Å². The van der Waals surface area contributed by atoms with Crippen LogP contribution in [0.2, 0.25) is 0 Å². The van der Waals surface area contributed by atoms with Crippen molar-refractivity contribution >= 4 is 11.8 Å². The summed E-state index contributed by atoms with van der Waals surface area (Å²) in [5, 5.41) is 3.02. The average molecular weight is 423 g/mol. The van der Waals surface area contributed by atoms with Gasteiger partial charge in [-0.25, -0.2) is 0 Å². The minimum absolute atomic E-state index is 0.0256. The number of nitrogens with one attached hydrogen (secondary N) is 1. The number of benzene rings is 2. The van der Waals surface area contributed by atoms with Crippen LogP contribution in [0.3, 0.4) is 0 Å². The molecule has 0 bridgehead atoms. The Labute approximate surface area is 188 Å². The number of amides is 2. The third-order valence-electron chi connectivity index (χ3n) is 5.75. The molecule has 0 unspecified atom stereocenters. The van der Waals surface area contributed by atoms with E-state index in [0.29, 0.717) is 32.4 Å². The Hall–Kier alpha value is -2.62. The smallest absolute Gasteiger partial charge is 0.242 e. The summed E-state index contributed by atoms with van der Waals surface area (Å²) >= 11 is 0. The molecule has 2 rings (SSSR count). The standard InChI is InChI=1S/C27H38N2O2/c1-5-8-19-28-27(31)25(7-3)29(20-24-11-9-21(4)10-12-24)26(30)18-17-23-15-13-22(6-2)14-16-23/h9-16,25H,5-8,17-20H2,1-4H3,(H,28,31)/t25-/m0/s1. The van der Waals surface area contributed by atoms with E-state index in [2.05, 4.69) is 55.6 Å². The summed E-state index contributed by atoms with van der Waals surface area (Å²) in [6.07, 6.45) is 4.66. The molecule has 0 aliphatic rings. The van der Waals surface area contributed by atoms with Crippen molar-refractivity contribution < 1.29 is 9.59 Å². The van der Waals surface area contributed by atoms with Crippen LogP contribution in [0, 0.1) is 6.92 Å². The van der Waals surface area contributed by atoms with E-state index >= 15 is 0 Å². The molecule has 0 aromatic heterocycles. The zero-order chi connectivity index (χ0) is 22.6. The molecule has 0 radical (unpaired) electrons. The van der Waals surface area contributed by atoms with Gasteiger partial charge in [0.25, 0.3) is 0 Å². The van der Waals surface area contributed by atoms with Crippen molar-refractivity contribution in [1.29, 1.82) is 0 Å². The molecular weight excluding hydrogens is 384 g/mol. The average Bonchev–Trinajstić information content (AvgIpc) is 2.79. The molecule has 4 nitrogen and oxygen atoms in total. The van der Waals surface area contributed by atoms with E-state index in [1.807, 2.05) is 26.0 Å². The van der Waals surface area contributed by atoms with Crippen LogP contribution in [0.5, 0.6) is 0 Å². The molecule has 0 spiro atoms. The van der Waals surface area contributed by atoms with Crippen LogP contribution in [-0.4, -0.2) is 29.3 Å². The molecule has 0 aliphatic carbocycles. The van der Waals surface area contributed by atoms with Crippen LogP contribution >= 0.6 is 0 Å². The first kappa shape index (κ1) is 24.6. The van der Waals surface area contributed by atoms with Crippen LogP contribution in [0.25, 0.3) is 0 Å². The lowest BCUT2D eigenvalue weighted by molar-refractivity contribution is -0.141. The Bertz CT molecular complexity index is 812. The van der Waals surface area contributed by atoms with Gasteiger partial charge in [0.05, 0.1) is 0 Å². The Kier molecular flexibility index (Phi) is 10.3. The van der Waals surface area contributed by atoms with Gasteiger partial charge in [-0.2, -0.15) is 0 Å². The van der Waals surface area contributed by atoms with Gasteiger partial charge in [0.2, 0.25) is 11.8 Å². The van der Waals surface area contributed by atoms with E-state index in [0.717, 1.165) is 30.4 Å². The lowest BCUT2D eigenvalue weighted by Gasteiger charge is -2.31. The molecule has 2 aromatic carbocycles. The fourth-order valence-corrected chi connectivity index (χ4v) is 3.65. The number of unbranched alkanes of at least 4 members (excludes halogenated alkanes) is 1. The molecule has 0 heterocycles. The first-order valence-electron chi connectivity index (χ1n) is 11.7. The molecule has 0 saturated heterocycles. The number of carbonyl (C=O) groups excluding carboxylic acids is 2. The summed E-state index contributed by atoms with van der Waals surface area (Å²) in [4.78, 5) is 27.9. The van der Waals surface area contributed by atoms with Gasteiger partial charge in [0.15, 0.2) is 0 Å². The highest BCUT2D eigenvalue weighted by Gasteiger charge is 2.28. The van der Waals surface area contributed by atoms with Crippen molar-refractivity contribution in [2.75, 3.05) is 6.54 Å². The summed E-state index contributed by atoms with van der Waals surface area (Å²) in [5.41, 5.74) is 4.68. The lowest BCUT2D eigenvalue weighted by atomic mass is 10.0. The van der Waals surface area contributed by atoms with Gasteiger partial charge in [0.1, 0.15) is 6.04 Å². The molecule has 0 aliphatic heterocycles. The first-order valence-corrected chi connectivity index (χ1v) is 11.7. The molecular formula is C27H38N2O2. The van der Waals surface area contributed by atoms with Crippen molar-refractivity contribution in [1.82, 2.24) is 10.2 Å². The van der Waals surface area contributed by atoms with E-state index in [-0.39, 0.29) is 11.8 Å². The Morgan fingerprint density at radius 1 is 0.903 bits per heavy atom. The topological polar surface area (TPSA) is 49.4 Å². The number of aryl methyl sites for hydroxylation is 3. The quantitative estimate of drug-likeness (QED) is 0.477. The van der Waals surface area contributed by atoms with Gasteiger partial charge >= 0.3 is 0 Å². The third kappa shape index (κ3) is 7.86. The van der Waals surface area contributed by atoms with E-state index in [1.165, 1.54) is 11.1 Å². The number of hydrogen-bond donors (Lipinski definition) is 1. The molecule has 1 N–H and O–H groups in total. The third-order valence-corrected chi connectivity index (χ3v) is 5.75. The maximum Gasteiger partial charge on any atom is 0.242 e. The maximum atomic E-state index is 13.3. The first-order chi connectivity index (χ1) is 15.0. The number of carbonyl (C=O) groups is 2. The second kappa shape index (κ2) is 12.9. The van der Waals surface area contributed by atoms with Crippen molar-refractivity contribution in [3.63, 3.8) is 0 Å².